The molecule has 1 unspecified atom stereocenters. The van der Waals surface area contributed by atoms with Crippen molar-refractivity contribution in [2.45, 2.75) is 4.90 Å². The van der Waals surface area contributed by atoms with E-state index in [0.29, 0.717) is 16.3 Å². The molecule has 0 fully saturated rings. The van der Waals surface area contributed by atoms with E-state index in [1.807, 2.05) is 0 Å². The Hall–Kier alpha value is -2.55. The monoisotopic (exact) mass is 378 g/mol. The van der Waals surface area contributed by atoms with E-state index in [0.717, 1.165) is 6.07 Å². The SMILES string of the molecule is COc1cc([N+](=O)[O-])c2nc(-c3ccc(Cl)cc3)ccc2c1S(=O)O. The van der Waals surface area contributed by atoms with Crippen LogP contribution in [0.25, 0.3) is 22.2 Å². The Morgan fingerprint density at radius 3 is 2.48 bits per heavy atom. The summed E-state index contributed by atoms with van der Waals surface area (Å²) < 4.78 is 26.3. The van der Waals surface area contributed by atoms with E-state index in [1.165, 1.54) is 13.2 Å². The maximum Gasteiger partial charge on any atom is 0.299 e. The highest BCUT2D eigenvalue weighted by molar-refractivity contribution is 7.79. The number of fused-ring (bicyclic) bond motifs is 1. The van der Waals surface area contributed by atoms with Crippen LogP contribution in [0.2, 0.25) is 5.02 Å². The van der Waals surface area contributed by atoms with E-state index in [9.17, 15) is 18.9 Å². The second-order valence-corrected chi connectivity index (χ2v) is 6.38. The topological polar surface area (TPSA) is 103 Å². The van der Waals surface area contributed by atoms with Gasteiger partial charge in [-0.15, -0.1) is 0 Å². The summed E-state index contributed by atoms with van der Waals surface area (Å²) in [5.74, 6) is -0.0407. The minimum atomic E-state index is -2.40. The molecule has 0 saturated heterocycles. The molecule has 7 nitrogen and oxygen atoms in total. The van der Waals surface area contributed by atoms with E-state index in [1.54, 1.807) is 30.3 Å². The Labute approximate surface area is 149 Å². The molecule has 0 saturated carbocycles. The van der Waals surface area contributed by atoms with Crippen molar-refractivity contribution in [2.75, 3.05) is 7.11 Å². The van der Waals surface area contributed by atoms with Crippen molar-refractivity contribution in [3.8, 4) is 17.0 Å². The lowest BCUT2D eigenvalue weighted by atomic mass is 10.1. The molecular weight excluding hydrogens is 368 g/mol. The van der Waals surface area contributed by atoms with Crippen LogP contribution < -0.4 is 4.74 Å². The number of non-ortho nitro benzene ring substituents is 1. The number of methoxy groups -OCH3 is 1. The summed E-state index contributed by atoms with van der Waals surface area (Å²) in [7, 11) is 1.27. The lowest BCUT2D eigenvalue weighted by molar-refractivity contribution is -0.383. The lowest BCUT2D eigenvalue weighted by Crippen LogP contribution is -2.01. The summed E-state index contributed by atoms with van der Waals surface area (Å²) in [6.45, 7) is 0. The van der Waals surface area contributed by atoms with Crippen LogP contribution in [0.5, 0.6) is 5.75 Å². The predicted octanol–water partition coefficient (Wildman–Crippen LogP) is 4.05. The second-order valence-electron chi connectivity index (χ2n) is 5.03. The molecule has 9 heteroatoms. The van der Waals surface area contributed by atoms with Gasteiger partial charge in [-0.25, -0.2) is 9.19 Å². The van der Waals surface area contributed by atoms with Crippen molar-refractivity contribution in [3.05, 3.63) is 57.6 Å². The Bertz CT molecular complexity index is 1010. The first-order valence-electron chi connectivity index (χ1n) is 6.95. The molecule has 1 atom stereocenters. The average Bonchev–Trinajstić information content (AvgIpc) is 2.59. The van der Waals surface area contributed by atoms with Crippen LogP contribution in [0.3, 0.4) is 0 Å². The highest BCUT2D eigenvalue weighted by Crippen LogP contribution is 2.37. The normalized spacial score (nSPS) is 12.1. The third kappa shape index (κ3) is 3.19. The molecule has 3 aromatic rings. The van der Waals surface area contributed by atoms with Crippen LogP contribution >= 0.6 is 11.6 Å². The first-order valence-corrected chi connectivity index (χ1v) is 8.43. The van der Waals surface area contributed by atoms with Gasteiger partial charge in [0, 0.05) is 16.0 Å². The Morgan fingerprint density at radius 2 is 1.92 bits per heavy atom. The highest BCUT2D eigenvalue weighted by Gasteiger charge is 2.24. The molecule has 2 aromatic carbocycles. The van der Waals surface area contributed by atoms with Gasteiger partial charge in [0.25, 0.3) is 5.69 Å². The summed E-state index contributed by atoms with van der Waals surface area (Å²) in [4.78, 5) is 15.1. The van der Waals surface area contributed by atoms with Gasteiger partial charge >= 0.3 is 0 Å². The van der Waals surface area contributed by atoms with Crippen LogP contribution in [0.15, 0.2) is 47.4 Å². The smallest absolute Gasteiger partial charge is 0.299 e. The Kier molecular flexibility index (Phi) is 4.67. The number of ether oxygens (including phenoxy) is 1. The number of halogens is 1. The lowest BCUT2D eigenvalue weighted by Gasteiger charge is -2.10. The van der Waals surface area contributed by atoms with E-state index in [2.05, 4.69) is 4.98 Å². The molecule has 0 aliphatic rings. The number of rotatable bonds is 4. The molecule has 0 spiro atoms. The molecule has 0 aliphatic heterocycles. The second kappa shape index (κ2) is 6.75. The Balaban J connectivity index is 2.34. The zero-order valence-electron chi connectivity index (χ0n) is 12.8. The van der Waals surface area contributed by atoms with Crippen molar-refractivity contribution >= 4 is 39.3 Å². The van der Waals surface area contributed by atoms with E-state index in [-0.39, 0.29) is 27.2 Å². The van der Waals surface area contributed by atoms with Crippen molar-refractivity contribution < 1.29 is 18.4 Å². The molecular formula is C16H11ClN2O5S. The number of nitro benzene ring substituents is 1. The van der Waals surface area contributed by atoms with Gasteiger partial charge in [-0.05, 0) is 24.3 Å². The van der Waals surface area contributed by atoms with Gasteiger partial charge < -0.3 is 9.29 Å². The number of hydrogen-bond acceptors (Lipinski definition) is 5. The molecule has 0 bridgehead atoms. The standard InChI is InChI=1S/C16H11ClN2O5S/c1-24-14-8-13(19(20)21)15-11(16(14)25(22)23)6-7-12(18-15)9-2-4-10(17)5-3-9/h2-8H,1H3,(H,22,23). The zero-order valence-corrected chi connectivity index (χ0v) is 14.4. The van der Waals surface area contributed by atoms with Crippen molar-refractivity contribution in [1.82, 2.24) is 4.98 Å². The molecule has 128 valence electrons. The molecule has 1 heterocycles. The van der Waals surface area contributed by atoms with Gasteiger partial charge in [0.1, 0.15) is 16.2 Å². The number of benzene rings is 2. The van der Waals surface area contributed by atoms with E-state index >= 15 is 0 Å². The zero-order chi connectivity index (χ0) is 18.1. The molecule has 1 N–H and O–H groups in total. The number of aromatic nitrogens is 1. The average molecular weight is 379 g/mol. The number of nitro groups is 1. The summed E-state index contributed by atoms with van der Waals surface area (Å²) in [5, 5.41) is 12.1. The number of nitrogens with zero attached hydrogens (tertiary/aromatic N) is 2. The van der Waals surface area contributed by atoms with Gasteiger partial charge in [0.05, 0.1) is 23.8 Å². The molecule has 3 rings (SSSR count). The quantitative estimate of drug-likeness (QED) is 0.417. The fourth-order valence-corrected chi connectivity index (χ4v) is 3.27. The van der Waals surface area contributed by atoms with Gasteiger partial charge in [-0.2, -0.15) is 0 Å². The van der Waals surface area contributed by atoms with Crippen LogP contribution in [0, 0.1) is 10.1 Å². The van der Waals surface area contributed by atoms with Crippen LogP contribution in [-0.4, -0.2) is 25.8 Å². The van der Waals surface area contributed by atoms with Crippen LogP contribution in [0.4, 0.5) is 5.69 Å². The van der Waals surface area contributed by atoms with Gasteiger partial charge in [0.15, 0.2) is 11.1 Å². The van der Waals surface area contributed by atoms with Gasteiger partial charge in [-0.1, -0.05) is 23.7 Å². The predicted molar refractivity (Wildman–Crippen MR) is 94.4 cm³/mol. The third-order valence-corrected chi connectivity index (χ3v) is 4.63. The fraction of sp³-hybridized carbons (Fsp3) is 0.0625. The molecule has 0 amide bonds. The molecule has 0 aliphatic carbocycles. The molecule has 25 heavy (non-hydrogen) atoms. The fourth-order valence-electron chi connectivity index (χ4n) is 2.48. The van der Waals surface area contributed by atoms with Gasteiger partial charge in [-0.3, -0.25) is 10.1 Å². The molecule has 1 aromatic heterocycles. The third-order valence-electron chi connectivity index (χ3n) is 3.61. The minimum Gasteiger partial charge on any atom is -0.495 e. The maximum atomic E-state index is 11.7. The molecule has 0 radical (unpaired) electrons. The summed E-state index contributed by atoms with van der Waals surface area (Å²) in [6, 6.07) is 11.1. The highest BCUT2D eigenvalue weighted by atomic mass is 35.5. The largest absolute Gasteiger partial charge is 0.495 e. The van der Waals surface area contributed by atoms with Crippen LogP contribution in [-0.2, 0) is 11.1 Å². The first kappa shape index (κ1) is 17.3. The minimum absolute atomic E-state index is 0.00986. The van der Waals surface area contributed by atoms with Gasteiger partial charge in [0.2, 0.25) is 0 Å². The summed E-state index contributed by atoms with van der Waals surface area (Å²) in [6.07, 6.45) is 0. The van der Waals surface area contributed by atoms with E-state index < -0.39 is 16.0 Å². The van der Waals surface area contributed by atoms with E-state index in [4.69, 9.17) is 16.3 Å². The number of pyridine rings is 1. The Morgan fingerprint density at radius 1 is 1.24 bits per heavy atom. The van der Waals surface area contributed by atoms with Crippen molar-refractivity contribution in [3.63, 3.8) is 0 Å². The van der Waals surface area contributed by atoms with Crippen molar-refractivity contribution in [2.24, 2.45) is 0 Å². The van der Waals surface area contributed by atoms with Crippen molar-refractivity contribution in [1.29, 1.82) is 0 Å². The first-order chi connectivity index (χ1) is 11.9. The maximum absolute atomic E-state index is 11.7. The van der Waals surface area contributed by atoms with Crippen LogP contribution in [0.1, 0.15) is 0 Å². The number of hydrogen-bond donors (Lipinski definition) is 1. The summed E-state index contributed by atoms with van der Waals surface area (Å²) in [5.41, 5.74) is 0.891. The summed E-state index contributed by atoms with van der Waals surface area (Å²) >= 11 is 3.47.